The molecule has 0 radical (unpaired) electrons. The second-order valence-electron chi connectivity index (χ2n) is 5.66. The zero-order valence-electron chi connectivity index (χ0n) is 14.9. The maximum atomic E-state index is 12.2. The van der Waals surface area contributed by atoms with E-state index >= 15 is 0 Å². The molecule has 0 aliphatic carbocycles. The van der Waals surface area contributed by atoms with E-state index in [1.54, 1.807) is 7.11 Å². The smallest absolute Gasteiger partial charge is 0.264 e. The average Bonchev–Trinajstić information content (AvgIpc) is 2.97. The number of thioether (sulfide) groups is 1. The van der Waals surface area contributed by atoms with Gasteiger partial charge in [0.05, 0.1) is 24.3 Å². The number of amidine groups is 1. The summed E-state index contributed by atoms with van der Waals surface area (Å²) in [6.07, 6.45) is 1.82. The molecular weight excluding hydrogens is 348 g/mol. The Kier molecular flexibility index (Phi) is 5.63. The van der Waals surface area contributed by atoms with Gasteiger partial charge < -0.3 is 14.8 Å². The molecule has 2 aromatic rings. The maximum absolute atomic E-state index is 12.2. The molecule has 1 N–H and O–H groups in total. The summed E-state index contributed by atoms with van der Waals surface area (Å²) in [5, 5.41) is 3.37. The Morgan fingerprint density at radius 3 is 2.62 bits per heavy atom. The van der Waals surface area contributed by atoms with Crippen LogP contribution in [-0.4, -0.2) is 24.8 Å². The average molecular weight is 368 g/mol. The summed E-state index contributed by atoms with van der Waals surface area (Å²) in [5.74, 6) is 1.16. The number of ether oxygens (including phenoxy) is 2. The molecule has 6 heteroatoms. The molecule has 0 aromatic heterocycles. The van der Waals surface area contributed by atoms with Gasteiger partial charge >= 0.3 is 0 Å². The van der Waals surface area contributed by atoms with Crippen LogP contribution in [0.4, 0.5) is 5.69 Å². The number of carbonyl (C=O) groups excluding carboxylic acids is 1. The fraction of sp³-hybridized carbons (Fsp3) is 0.200. The summed E-state index contributed by atoms with van der Waals surface area (Å²) in [6.45, 7) is 4.51. The quantitative estimate of drug-likeness (QED) is 0.800. The topological polar surface area (TPSA) is 59.9 Å². The molecule has 5 nitrogen and oxygen atoms in total. The number of benzene rings is 2. The number of aliphatic imine (C=N–C) groups is 1. The monoisotopic (exact) mass is 368 g/mol. The third kappa shape index (κ3) is 4.26. The maximum Gasteiger partial charge on any atom is 0.264 e. The molecule has 0 saturated carbocycles. The zero-order valence-corrected chi connectivity index (χ0v) is 15.7. The number of carbonyl (C=O) groups is 1. The van der Waals surface area contributed by atoms with Crippen molar-refractivity contribution in [2.45, 2.75) is 13.8 Å². The molecule has 26 heavy (non-hydrogen) atoms. The molecule has 0 spiro atoms. The molecule has 1 saturated heterocycles. The molecule has 2 aromatic carbocycles. The van der Waals surface area contributed by atoms with Crippen molar-refractivity contribution in [3.05, 3.63) is 58.5 Å². The highest BCUT2D eigenvalue weighted by Gasteiger charge is 2.24. The van der Waals surface area contributed by atoms with Crippen LogP contribution < -0.4 is 14.8 Å². The number of hydrogen-bond acceptors (Lipinski definition) is 5. The lowest BCUT2D eigenvalue weighted by Crippen LogP contribution is -2.19. The van der Waals surface area contributed by atoms with Crippen molar-refractivity contribution < 1.29 is 14.3 Å². The highest BCUT2D eigenvalue weighted by molar-refractivity contribution is 8.18. The number of methoxy groups -OCH3 is 1. The van der Waals surface area contributed by atoms with Crippen LogP contribution in [-0.2, 0) is 4.79 Å². The van der Waals surface area contributed by atoms with Gasteiger partial charge in [0.1, 0.15) is 0 Å². The van der Waals surface area contributed by atoms with E-state index in [9.17, 15) is 4.79 Å². The van der Waals surface area contributed by atoms with E-state index in [0.29, 0.717) is 28.2 Å². The molecule has 1 aliphatic rings. The Morgan fingerprint density at radius 1 is 1.15 bits per heavy atom. The highest BCUT2D eigenvalue weighted by atomic mass is 32.2. The van der Waals surface area contributed by atoms with Gasteiger partial charge in [-0.15, -0.1) is 0 Å². The molecule has 1 aliphatic heterocycles. The van der Waals surface area contributed by atoms with E-state index in [1.165, 1.54) is 17.3 Å². The standard InChI is InChI=1S/C20H20N2O3S/c1-4-25-16-10-7-14(11-17(16)24-3)12-18-19(23)22-20(26-18)21-15-8-5-13(2)6-9-15/h5-12H,4H2,1-3H3,(H,21,22,23)/b18-12+. The Balaban J connectivity index is 1.81. The van der Waals surface area contributed by atoms with Gasteiger partial charge in [0.15, 0.2) is 16.7 Å². The van der Waals surface area contributed by atoms with Gasteiger partial charge in [-0.25, -0.2) is 4.99 Å². The molecule has 0 atom stereocenters. The predicted molar refractivity (Wildman–Crippen MR) is 106 cm³/mol. The van der Waals surface area contributed by atoms with Crippen LogP contribution in [0.1, 0.15) is 18.1 Å². The van der Waals surface area contributed by atoms with Crippen LogP contribution in [0.25, 0.3) is 6.08 Å². The summed E-state index contributed by atoms with van der Waals surface area (Å²) in [5.41, 5.74) is 2.84. The first kappa shape index (κ1) is 18.1. The molecule has 134 valence electrons. The minimum Gasteiger partial charge on any atom is -0.493 e. The van der Waals surface area contributed by atoms with Gasteiger partial charge in [0.2, 0.25) is 0 Å². The lowest BCUT2D eigenvalue weighted by Gasteiger charge is -2.09. The summed E-state index contributed by atoms with van der Waals surface area (Å²) in [6, 6.07) is 13.4. The Labute approximate surface area is 157 Å². The van der Waals surface area contributed by atoms with Crippen molar-refractivity contribution in [1.82, 2.24) is 5.32 Å². The largest absolute Gasteiger partial charge is 0.493 e. The second-order valence-corrected chi connectivity index (χ2v) is 6.69. The fourth-order valence-corrected chi connectivity index (χ4v) is 3.26. The van der Waals surface area contributed by atoms with Crippen LogP contribution in [0.15, 0.2) is 52.4 Å². The van der Waals surface area contributed by atoms with E-state index in [4.69, 9.17) is 9.47 Å². The third-order valence-corrected chi connectivity index (χ3v) is 4.61. The summed E-state index contributed by atoms with van der Waals surface area (Å²) < 4.78 is 10.9. The zero-order chi connectivity index (χ0) is 18.5. The summed E-state index contributed by atoms with van der Waals surface area (Å²) >= 11 is 1.32. The van der Waals surface area contributed by atoms with Crippen LogP contribution in [0, 0.1) is 6.92 Å². The highest BCUT2D eigenvalue weighted by Crippen LogP contribution is 2.32. The van der Waals surface area contributed by atoms with E-state index in [2.05, 4.69) is 10.3 Å². The van der Waals surface area contributed by atoms with Crippen LogP contribution in [0.3, 0.4) is 0 Å². The van der Waals surface area contributed by atoms with Gasteiger partial charge in [-0.2, -0.15) is 0 Å². The number of nitrogens with one attached hydrogen (secondary N) is 1. The van der Waals surface area contributed by atoms with Gasteiger partial charge in [0, 0.05) is 0 Å². The third-order valence-electron chi connectivity index (χ3n) is 3.70. The van der Waals surface area contributed by atoms with Gasteiger partial charge in [0.25, 0.3) is 5.91 Å². The molecule has 0 unspecified atom stereocenters. The Hall–Kier alpha value is -2.73. The first-order valence-corrected chi connectivity index (χ1v) is 9.08. The SMILES string of the molecule is CCOc1ccc(/C=C2/SC(=Nc3ccc(C)cc3)NC2=O)cc1OC. The van der Waals surface area contributed by atoms with Gasteiger partial charge in [-0.3, -0.25) is 4.79 Å². The van der Waals surface area contributed by atoms with E-state index in [1.807, 2.05) is 62.4 Å². The minimum absolute atomic E-state index is 0.159. The molecule has 1 heterocycles. The molecule has 1 amide bonds. The predicted octanol–water partition coefficient (Wildman–Crippen LogP) is 4.29. The van der Waals surface area contributed by atoms with Crippen molar-refractivity contribution >= 4 is 34.6 Å². The van der Waals surface area contributed by atoms with Crippen molar-refractivity contribution in [2.24, 2.45) is 4.99 Å². The normalized spacial score (nSPS) is 16.8. The first-order chi connectivity index (χ1) is 12.6. The van der Waals surface area contributed by atoms with E-state index < -0.39 is 0 Å². The number of hydrogen-bond donors (Lipinski definition) is 1. The first-order valence-electron chi connectivity index (χ1n) is 8.26. The van der Waals surface area contributed by atoms with E-state index in [-0.39, 0.29) is 5.91 Å². The van der Waals surface area contributed by atoms with Crippen molar-refractivity contribution in [3.8, 4) is 11.5 Å². The Bertz CT molecular complexity index is 873. The number of aryl methyl sites for hydroxylation is 1. The molecule has 3 rings (SSSR count). The van der Waals surface area contributed by atoms with Gasteiger partial charge in [-0.05, 0) is 61.5 Å². The summed E-state index contributed by atoms with van der Waals surface area (Å²) in [7, 11) is 1.60. The molecule has 0 bridgehead atoms. The Morgan fingerprint density at radius 2 is 1.92 bits per heavy atom. The number of amides is 1. The van der Waals surface area contributed by atoms with Crippen LogP contribution in [0.5, 0.6) is 11.5 Å². The van der Waals surface area contributed by atoms with Crippen molar-refractivity contribution in [1.29, 1.82) is 0 Å². The van der Waals surface area contributed by atoms with E-state index in [0.717, 1.165) is 11.3 Å². The fourth-order valence-electron chi connectivity index (χ4n) is 2.42. The molecule has 1 fully saturated rings. The van der Waals surface area contributed by atoms with Crippen molar-refractivity contribution in [2.75, 3.05) is 13.7 Å². The number of rotatable bonds is 5. The van der Waals surface area contributed by atoms with Crippen LogP contribution >= 0.6 is 11.8 Å². The van der Waals surface area contributed by atoms with Gasteiger partial charge in [-0.1, -0.05) is 23.8 Å². The summed E-state index contributed by atoms with van der Waals surface area (Å²) in [4.78, 5) is 17.3. The lowest BCUT2D eigenvalue weighted by molar-refractivity contribution is -0.115. The van der Waals surface area contributed by atoms with Crippen molar-refractivity contribution in [3.63, 3.8) is 0 Å². The molecular formula is C20H20N2O3S. The number of nitrogens with zero attached hydrogens (tertiary/aromatic N) is 1. The second kappa shape index (κ2) is 8.10. The minimum atomic E-state index is -0.159. The van der Waals surface area contributed by atoms with Crippen LogP contribution in [0.2, 0.25) is 0 Å². The lowest BCUT2D eigenvalue weighted by atomic mass is 10.2.